The maximum absolute atomic E-state index is 2.44. The standard InChI is InChI=1S/C27H54/c1-3-5-7-9-11-13-15-17-19-21-23-25-27-26-24-22-20-18-16-14-12-10-8-6-4-2/h17,19H,3-16,18,20-27H2,1-2H3/b19-17+. The molecule has 0 aliphatic rings. The number of unbranched alkanes of at least 4 members (excludes halogenated alkanes) is 21. The molecule has 0 fully saturated rings. The van der Waals surface area contributed by atoms with Gasteiger partial charge in [0.2, 0.25) is 0 Å². The maximum Gasteiger partial charge on any atom is -0.0351 e. The summed E-state index contributed by atoms with van der Waals surface area (Å²) in [4.78, 5) is 0. The molecule has 0 atom stereocenters. The van der Waals surface area contributed by atoms with E-state index in [0.29, 0.717) is 0 Å². The van der Waals surface area contributed by atoms with Crippen molar-refractivity contribution in [3.63, 3.8) is 0 Å². The topological polar surface area (TPSA) is 0 Å². The van der Waals surface area contributed by atoms with Crippen LogP contribution in [0.5, 0.6) is 0 Å². The second-order valence-corrected chi connectivity index (χ2v) is 8.77. The average Bonchev–Trinajstić information content (AvgIpc) is 2.68. The van der Waals surface area contributed by atoms with E-state index in [1.54, 1.807) is 0 Å². The molecular formula is C27H54. The lowest BCUT2D eigenvalue weighted by Crippen LogP contribution is -1.83. The van der Waals surface area contributed by atoms with Crippen LogP contribution < -0.4 is 0 Å². The van der Waals surface area contributed by atoms with Gasteiger partial charge in [-0.3, -0.25) is 0 Å². The predicted octanol–water partition coefficient (Wildman–Crippen LogP) is 10.6. The highest BCUT2D eigenvalue weighted by Gasteiger charge is 1.94. The lowest BCUT2D eigenvalue weighted by atomic mass is 10.0. The first-order chi connectivity index (χ1) is 13.4. The van der Waals surface area contributed by atoms with Crippen molar-refractivity contribution in [1.29, 1.82) is 0 Å². The van der Waals surface area contributed by atoms with Gasteiger partial charge < -0.3 is 0 Å². The molecule has 162 valence electrons. The van der Waals surface area contributed by atoms with Crippen molar-refractivity contribution in [2.45, 2.75) is 162 Å². The molecule has 27 heavy (non-hydrogen) atoms. The number of rotatable bonds is 23. The first kappa shape index (κ1) is 26.7. The third-order valence-electron chi connectivity index (χ3n) is 5.87. The molecule has 0 aliphatic heterocycles. The molecular weight excluding hydrogens is 324 g/mol. The van der Waals surface area contributed by atoms with Gasteiger partial charge in [-0.15, -0.1) is 0 Å². The zero-order valence-electron chi connectivity index (χ0n) is 19.4. The molecule has 0 amide bonds. The summed E-state index contributed by atoms with van der Waals surface area (Å²) < 4.78 is 0. The van der Waals surface area contributed by atoms with E-state index in [4.69, 9.17) is 0 Å². The van der Waals surface area contributed by atoms with Crippen LogP contribution in [0, 0.1) is 0 Å². The van der Waals surface area contributed by atoms with Crippen molar-refractivity contribution in [1.82, 2.24) is 0 Å². The van der Waals surface area contributed by atoms with Crippen LogP contribution in [0.15, 0.2) is 12.2 Å². The van der Waals surface area contributed by atoms with E-state index in [0.717, 1.165) is 0 Å². The van der Waals surface area contributed by atoms with E-state index in [1.165, 1.54) is 148 Å². The number of hydrogen-bond acceptors (Lipinski definition) is 0. The van der Waals surface area contributed by atoms with Crippen molar-refractivity contribution in [3.8, 4) is 0 Å². The van der Waals surface area contributed by atoms with Crippen molar-refractivity contribution in [3.05, 3.63) is 12.2 Å². The van der Waals surface area contributed by atoms with Gasteiger partial charge in [0.15, 0.2) is 0 Å². The Morgan fingerprint density at radius 2 is 0.519 bits per heavy atom. The first-order valence-corrected chi connectivity index (χ1v) is 13.1. The van der Waals surface area contributed by atoms with Crippen LogP contribution >= 0.6 is 0 Å². The fourth-order valence-corrected chi connectivity index (χ4v) is 3.91. The van der Waals surface area contributed by atoms with Crippen LogP contribution in [0.25, 0.3) is 0 Å². The maximum atomic E-state index is 2.44. The lowest BCUT2D eigenvalue weighted by Gasteiger charge is -2.03. The van der Waals surface area contributed by atoms with E-state index in [-0.39, 0.29) is 0 Å². The summed E-state index contributed by atoms with van der Waals surface area (Å²) in [7, 11) is 0. The average molecular weight is 379 g/mol. The third-order valence-corrected chi connectivity index (χ3v) is 5.87. The molecule has 0 aromatic heterocycles. The molecule has 0 aromatic carbocycles. The molecule has 0 bridgehead atoms. The molecule has 0 saturated heterocycles. The Balaban J connectivity index is 3.03. The minimum atomic E-state index is 1.31. The summed E-state index contributed by atoms with van der Waals surface area (Å²) in [5.41, 5.74) is 0. The van der Waals surface area contributed by atoms with Crippen LogP contribution in [0.1, 0.15) is 162 Å². The molecule has 0 heteroatoms. The van der Waals surface area contributed by atoms with Gasteiger partial charge in [0.25, 0.3) is 0 Å². The van der Waals surface area contributed by atoms with E-state index in [2.05, 4.69) is 26.0 Å². The smallest absolute Gasteiger partial charge is 0.0351 e. The van der Waals surface area contributed by atoms with Gasteiger partial charge in [0, 0.05) is 0 Å². The summed E-state index contributed by atoms with van der Waals surface area (Å²) in [6.07, 6.45) is 37.9. The molecule has 0 radical (unpaired) electrons. The summed E-state index contributed by atoms with van der Waals surface area (Å²) in [5, 5.41) is 0. The fourth-order valence-electron chi connectivity index (χ4n) is 3.91. The Hall–Kier alpha value is -0.260. The molecule has 0 unspecified atom stereocenters. The minimum absolute atomic E-state index is 1.31. The zero-order chi connectivity index (χ0) is 19.7. The van der Waals surface area contributed by atoms with Crippen molar-refractivity contribution in [2.75, 3.05) is 0 Å². The SMILES string of the molecule is CCCCCCCC/C=C/CCCCCCCCCCCCCCCCC. The summed E-state index contributed by atoms with van der Waals surface area (Å²) in [6.45, 7) is 4.59. The molecule has 0 heterocycles. The van der Waals surface area contributed by atoms with Crippen LogP contribution in [-0.2, 0) is 0 Å². The van der Waals surface area contributed by atoms with Crippen LogP contribution in [-0.4, -0.2) is 0 Å². The van der Waals surface area contributed by atoms with Crippen LogP contribution in [0.3, 0.4) is 0 Å². The first-order valence-electron chi connectivity index (χ1n) is 13.1. The van der Waals surface area contributed by atoms with E-state index < -0.39 is 0 Å². The van der Waals surface area contributed by atoms with E-state index >= 15 is 0 Å². The Morgan fingerprint density at radius 3 is 0.778 bits per heavy atom. The monoisotopic (exact) mass is 378 g/mol. The highest BCUT2D eigenvalue weighted by Crippen LogP contribution is 2.14. The third kappa shape index (κ3) is 25.7. The van der Waals surface area contributed by atoms with Gasteiger partial charge in [-0.25, -0.2) is 0 Å². The number of hydrogen-bond donors (Lipinski definition) is 0. The molecule has 0 saturated carbocycles. The highest BCUT2D eigenvalue weighted by molar-refractivity contribution is 4.81. The predicted molar refractivity (Wildman–Crippen MR) is 127 cm³/mol. The van der Waals surface area contributed by atoms with Crippen LogP contribution in [0.4, 0.5) is 0 Å². The van der Waals surface area contributed by atoms with Crippen molar-refractivity contribution < 1.29 is 0 Å². The van der Waals surface area contributed by atoms with Gasteiger partial charge in [-0.05, 0) is 25.7 Å². The largest absolute Gasteiger partial charge is 0.0885 e. The van der Waals surface area contributed by atoms with Gasteiger partial charge in [-0.2, -0.15) is 0 Å². The minimum Gasteiger partial charge on any atom is -0.0885 e. The Morgan fingerprint density at radius 1 is 0.296 bits per heavy atom. The second-order valence-electron chi connectivity index (χ2n) is 8.77. The normalized spacial score (nSPS) is 11.6. The molecule has 0 spiro atoms. The van der Waals surface area contributed by atoms with Gasteiger partial charge >= 0.3 is 0 Å². The zero-order valence-corrected chi connectivity index (χ0v) is 19.4. The summed E-state index contributed by atoms with van der Waals surface area (Å²) in [5.74, 6) is 0. The molecule has 0 rings (SSSR count). The Kier molecular flexibility index (Phi) is 25.5. The van der Waals surface area contributed by atoms with Gasteiger partial charge in [0.1, 0.15) is 0 Å². The molecule has 0 aromatic rings. The van der Waals surface area contributed by atoms with Gasteiger partial charge in [-0.1, -0.05) is 148 Å². The molecule has 0 aliphatic carbocycles. The molecule has 0 N–H and O–H groups in total. The molecule has 0 nitrogen and oxygen atoms in total. The Bertz CT molecular complexity index is 265. The highest BCUT2D eigenvalue weighted by atomic mass is 14.0. The summed E-state index contributed by atoms with van der Waals surface area (Å²) >= 11 is 0. The Labute approximate surface area is 174 Å². The van der Waals surface area contributed by atoms with E-state index in [1.807, 2.05) is 0 Å². The van der Waals surface area contributed by atoms with Crippen molar-refractivity contribution in [2.24, 2.45) is 0 Å². The second kappa shape index (κ2) is 25.7. The van der Waals surface area contributed by atoms with Gasteiger partial charge in [0.05, 0.1) is 0 Å². The summed E-state index contributed by atoms with van der Waals surface area (Å²) in [6, 6.07) is 0. The van der Waals surface area contributed by atoms with E-state index in [9.17, 15) is 0 Å². The van der Waals surface area contributed by atoms with Crippen molar-refractivity contribution >= 4 is 0 Å². The fraction of sp³-hybridized carbons (Fsp3) is 0.926. The number of allylic oxidation sites excluding steroid dienone is 2. The quantitative estimate of drug-likeness (QED) is 0.122. The lowest BCUT2D eigenvalue weighted by molar-refractivity contribution is 0.533. The van der Waals surface area contributed by atoms with Crippen LogP contribution in [0.2, 0.25) is 0 Å².